The molecule has 4 heterocycles. The molecule has 0 fully saturated rings. The maximum absolute atomic E-state index is 13.5. The van der Waals surface area contributed by atoms with E-state index < -0.39 is 0 Å². The Morgan fingerprint density at radius 1 is 0.708 bits per heavy atom. The van der Waals surface area contributed by atoms with Gasteiger partial charge in [0.2, 0.25) is 11.2 Å². The van der Waals surface area contributed by atoms with Crippen LogP contribution in [0.3, 0.4) is 0 Å². The summed E-state index contributed by atoms with van der Waals surface area (Å²) in [6, 6.07) is 17.3. The van der Waals surface area contributed by atoms with Gasteiger partial charge in [0, 0.05) is 45.8 Å². The number of aliphatic hydroxyl groups is 1. The topological polar surface area (TPSA) is 134 Å². The number of aryl methyl sites for hydroxylation is 8. The van der Waals surface area contributed by atoms with Crippen molar-refractivity contribution in [1.82, 2.24) is 37.8 Å². The number of nitrogens with zero attached hydrogens (tertiary/aromatic N) is 10. The number of amides is 2. The summed E-state index contributed by atoms with van der Waals surface area (Å²) in [5, 5.41) is 19.0. The molecule has 4 aromatic heterocycles. The first-order valence-corrected chi connectivity index (χ1v) is 16.4. The van der Waals surface area contributed by atoms with Crippen molar-refractivity contribution in [1.29, 1.82) is 0 Å². The van der Waals surface area contributed by atoms with Crippen molar-refractivity contribution in [3.63, 3.8) is 0 Å². The number of benzene rings is 2. The van der Waals surface area contributed by atoms with Gasteiger partial charge in [-0.1, -0.05) is 24.3 Å². The summed E-state index contributed by atoms with van der Waals surface area (Å²) in [6.07, 6.45) is 1.51. The molecule has 0 spiro atoms. The minimum absolute atomic E-state index is 0.133. The number of rotatable bonds is 10. The second-order valence-electron chi connectivity index (χ2n) is 12.0. The number of aliphatic hydroxyl groups excluding tert-OH is 1. The van der Waals surface area contributed by atoms with Gasteiger partial charge in [0.05, 0.1) is 40.1 Å². The van der Waals surface area contributed by atoms with E-state index in [1.807, 2.05) is 98.0 Å². The number of hydrogen-bond acceptors (Lipinski definition) is 5. The van der Waals surface area contributed by atoms with Crippen LogP contribution in [0.1, 0.15) is 64.6 Å². The number of hydrogen-bond donors (Lipinski definition) is 1. The van der Waals surface area contributed by atoms with Crippen LogP contribution in [-0.2, 0) is 46.9 Å². The van der Waals surface area contributed by atoms with Crippen molar-refractivity contribution in [3.8, 4) is 0 Å². The molecule has 0 atom stereocenters. The molecular formula is C35H42N10O3. The van der Waals surface area contributed by atoms with Crippen molar-refractivity contribution in [2.24, 2.45) is 24.1 Å². The highest BCUT2D eigenvalue weighted by Crippen LogP contribution is 2.19. The molecule has 6 aromatic rings. The van der Waals surface area contributed by atoms with Crippen LogP contribution in [0.4, 0.5) is 0 Å². The van der Waals surface area contributed by atoms with Gasteiger partial charge < -0.3 is 23.4 Å². The fourth-order valence-electron chi connectivity index (χ4n) is 6.54. The summed E-state index contributed by atoms with van der Waals surface area (Å²) in [5.41, 5.74) is 7.93. The molecule has 0 aliphatic rings. The van der Waals surface area contributed by atoms with Gasteiger partial charge in [-0.05, 0) is 70.9 Å². The van der Waals surface area contributed by atoms with Gasteiger partial charge in [0.15, 0.2) is 0 Å². The van der Waals surface area contributed by atoms with E-state index in [9.17, 15) is 14.7 Å². The zero-order valence-corrected chi connectivity index (χ0v) is 28.4. The van der Waals surface area contributed by atoms with E-state index in [-0.39, 0.29) is 18.4 Å². The van der Waals surface area contributed by atoms with E-state index in [4.69, 9.17) is 0 Å². The lowest BCUT2D eigenvalue weighted by atomic mass is 10.2. The number of unbranched alkanes of at least 4 members (excludes halogenated alkanes) is 1. The summed E-state index contributed by atoms with van der Waals surface area (Å²) in [5.74, 6) is -0.705. The number of aromatic nitrogens is 8. The summed E-state index contributed by atoms with van der Waals surface area (Å²) in [6.45, 7) is 9.82. The Hall–Kier alpha value is -5.30. The third kappa shape index (κ3) is 5.85. The fraction of sp³-hybridized carbons (Fsp3) is 0.371. The molecule has 6 rings (SSSR count). The van der Waals surface area contributed by atoms with E-state index in [0.717, 1.165) is 51.9 Å². The molecule has 0 bridgehead atoms. The van der Waals surface area contributed by atoms with Crippen molar-refractivity contribution >= 4 is 33.9 Å². The zero-order chi connectivity index (χ0) is 34.1. The Balaban J connectivity index is 1.34. The molecule has 48 heavy (non-hydrogen) atoms. The molecular weight excluding hydrogens is 608 g/mol. The third-order valence-corrected chi connectivity index (χ3v) is 8.77. The van der Waals surface area contributed by atoms with Crippen molar-refractivity contribution in [2.75, 3.05) is 0 Å². The number of carbonyl (C=O) groups excluding carboxylic acids is 2. The van der Waals surface area contributed by atoms with E-state index in [1.165, 1.54) is 0 Å². The highest BCUT2D eigenvalue weighted by Gasteiger charge is 2.18. The Bertz CT molecular complexity index is 2300. The summed E-state index contributed by atoms with van der Waals surface area (Å²) < 4.78 is 11.3. The maximum Gasteiger partial charge on any atom is 0.298 e. The van der Waals surface area contributed by atoms with Crippen LogP contribution in [0, 0.1) is 13.8 Å². The predicted octanol–water partition coefficient (Wildman–Crippen LogP) is 3.78. The van der Waals surface area contributed by atoms with E-state index in [2.05, 4.69) is 24.7 Å². The lowest BCUT2D eigenvalue weighted by molar-refractivity contribution is 0.0977. The number of para-hydroxylation sites is 3. The molecule has 2 aromatic carbocycles. The Morgan fingerprint density at radius 2 is 1.21 bits per heavy atom. The van der Waals surface area contributed by atoms with Gasteiger partial charge in [0.25, 0.3) is 11.8 Å². The second-order valence-corrected chi connectivity index (χ2v) is 12.0. The highest BCUT2D eigenvalue weighted by molar-refractivity contribution is 5.94. The summed E-state index contributed by atoms with van der Waals surface area (Å²) in [4.78, 5) is 36.2. The lowest BCUT2D eigenvalue weighted by Crippen LogP contribution is -2.28. The summed E-state index contributed by atoms with van der Waals surface area (Å²) in [7, 11) is 3.80. The van der Waals surface area contributed by atoms with Crippen LogP contribution in [0.2, 0.25) is 0 Å². The minimum atomic E-state index is -0.371. The fourth-order valence-corrected chi connectivity index (χ4v) is 6.54. The van der Waals surface area contributed by atoms with Gasteiger partial charge in [-0.15, -0.1) is 0 Å². The van der Waals surface area contributed by atoms with Crippen LogP contribution >= 0.6 is 0 Å². The normalized spacial score (nSPS) is 12.6. The number of carbonyl (C=O) groups is 2. The first-order chi connectivity index (χ1) is 23.2. The molecule has 13 nitrogen and oxygen atoms in total. The Morgan fingerprint density at radius 3 is 1.75 bits per heavy atom. The molecule has 0 saturated carbocycles. The second kappa shape index (κ2) is 13.4. The van der Waals surface area contributed by atoms with Gasteiger partial charge >= 0.3 is 0 Å². The van der Waals surface area contributed by atoms with E-state index in [0.29, 0.717) is 48.8 Å². The standard InChI is InChI=1S/C35H42N10O3/c1-7-44-29(20-23(3)38-44)32(47)36-34-40(5)26-15-9-10-16-27(26)42(34)18-11-12-19-43-28-17-13-14-25(22-46)31(28)41(6)35(43)37-33(48)30-21-24(4)39-45(30)8-2/h9-10,13-17,20-21,46H,7-8,11-12,18-19,22H2,1-6H3/b36-34+,37-35+. The Labute approximate surface area is 277 Å². The van der Waals surface area contributed by atoms with E-state index in [1.54, 1.807) is 21.5 Å². The maximum atomic E-state index is 13.5. The van der Waals surface area contributed by atoms with Crippen molar-refractivity contribution in [3.05, 3.63) is 94.2 Å². The number of fused-ring (bicyclic) bond motifs is 2. The van der Waals surface area contributed by atoms with Gasteiger partial charge in [-0.3, -0.25) is 19.0 Å². The van der Waals surface area contributed by atoms with Crippen molar-refractivity contribution in [2.45, 2.75) is 73.3 Å². The molecule has 0 aliphatic carbocycles. The van der Waals surface area contributed by atoms with Gasteiger partial charge in [-0.25, -0.2) is 0 Å². The van der Waals surface area contributed by atoms with E-state index >= 15 is 0 Å². The first-order valence-electron chi connectivity index (χ1n) is 16.4. The van der Waals surface area contributed by atoms with Crippen LogP contribution in [0.5, 0.6) is 0 Å². The molecule has 13 heteroatoms. The average Bonchev–Trinajstić information content (AvgIpc) is 3.81. The molecule has 0 aliphatic heterocycles. The number of imidazole rings is 2. The monoisotopic (exact) mass is 650 g/mol. The van der Waals surface area contributed by atoms with Gasteiger partial charge in [-0.2, -0.15) is 20.2 Å². The van der Waals surface area contributed by atoms with Crippen LogP contribution in [-0.4, -0.2) is 54.8 Å². The summed E-state index contributed by atoms with van der Waals surface area (Å²) >= 11 is 0. The first kappa shape index (κ1) is 32.6. The van der Waals surface area contributed by atoms with Crippen LogP contribution in [0.15, 0.2) is 64.6 Å². The molecule has 1 N–H and O–H groups in total. The third-order valence-electron chi connectivity index (χ3n) is 8.77. The molecule has 2 amide bonds. The Kier molecular flexibility index (Phi) is 9.13. The molecule has 0 radical (unpaired) electrons. The lowest BCUT2D eigenvalue weighted by Gasteiger charge is -2.08. The largest absolute Gasteiger partial charge is 0.392 e. The molecule has 0 saturated heterocycles. The van der Waals surface area contributed by atoms with Crippen molar-refractivity contribution < 1.29 is 14.7 Å². The van der Waals surface area contributed by atoms with Crippen LogP contribution in [0.25, 0.3) is 22.1 Å². The average molecular weight is 651 g/mol. The smallest absolute Gasteiger partial charge is 0.298 e. The SMILES string of the molecule is CCn1nc(C)cc1C(=O)/N=c1\n(C)c2ccccc2n1CCCCn1/c(=N/C(=O)c2cc(C)nn2CC)n(C)c2c(CO)cccc21. The quantitative estimate of drug-likeness (QED) is 0.225. The predicted molar refractivity (Wildman–Crippen MR) is 182 cm³/mol. The molecule has 0 unspecified atom stereocenters. The molecule has 250 valence electrons. The zero-order valence-electron chi connectivity index (χ0n) is 28.4. The van der Waals surface area contributed by atoms with Gasteiger partial charge in [0.1, 0.15) is 11.4 Å². The minimum Gasteiger partial charge on any atom is -0.392 e. The van der Waals surface area contributed by atoms with Crippen LogP contribution < -0.4 is 11.2 Å². The highest BCUT2D eigenvalue weighted by atomic mass is 16.3.